The Hall–Kier alpha value is -0.850. The fourth-order valence-electron chi connectivity index (χ4n) is 0.356. The maximum Gasteiger partial charge on any atom is 0.122 e. The molecule has 0 nitrogen and oxygen atoms in total. The molecule has 0 heterocycles. The smallest absolute Gasteiger partial charge is 0.122 e. The van der Waals surface area contributed by atoms with Gasteiger partial charge in [0.25, 0.3) is 0 Å². The van der Waals surface area contributed by atoms with Gasteiger partial charge in [-0.05, 0) is 18.6 Å². The molecule has 0 amide bonds. The van der Waals surface area contributed by atoms with Crippen LogP contribution in [0.25, 0.3) is 0 Å². The van der Waals surface area contributed by atoms with Crippen LogP contribution in [-0.4, -0.2) is 0 Å². The highest BCUT2D eigenvalue weighted by Gasteiger charge is 1.86. The number of hydrogen-bond donors (Lipinski definition) is 0. The molecule has 0 unspecified atom stereocenters. The molecule has 0 bridgehead atoms. The summed E-state index contributed by atoms with van der Waals surface area (Å²) in [6.07, 6.45) is 3.33. The Labute approximate surface area is 55.4 Å². The Morgan fingerprint density at radius 3 is 2.56 bits per heavy atom. The zero-order valence-corrected chi connectivity index (χ0v) is 5.65. The first-order chi connectivity index (χ1) is 4.20. The van der Waals surface area contributed by atoms with Gasteiger partial charge in [-0.15, -0.1) is 0 Å². The Bertz CT molecular complexity index is 143. The number of allylic oxidation sites excluding steroid dienone is 4. The third kappa shape index (κ3) is 3.71. The monoisotopic (exact) mass is 126 g/mol. The zero-order chi connectivity index (χ0) is 7.28. The van der Waals surface area contributed by atoms with Crippen LogP contribution in [-0.2, 0) is 0 Å². The lowest BCUT2D eigenvalue weighted by atomic mass is 10.2. The summed E-state index contributed by atoms with van der Waals surface area (Å²) in [7, 11) is 0. The van der Waals surface area contributed by atoms with E-state index in [-0.39, 0.29) is 5.83 Å². The van der Waals surface area contributed by atoms with Gasteiger partial charge in [0, 0.05) is 0 Å². The molecule has 50 valence electrons. The lowest BCUT2D eigenvalue weighted by Crippen LogP contribution is -1.71. The van der Waals surface area contributed by atoms with Crippen LogP contribution in [0, 0.1) is 0 Å². The third-order valence-corrected chi connectivity index (χ3v) is 0.991. The molecule has 0 aromatic rings. The molecule has 9 heavy (non-hydrogen) atoms. The Kier molecular flexibility index (Phi) is 3.69. The standard InChI is InChI=1S/C8H11F/c1-4-7(3)6-8(9)5-2/h5-6H,2-4H2,1H3/b8-6+. The number of rotatable bonds is 3. The number of halogens is 1. The molecular formula is C8H11F. The van der Waals surface area contributed by atoms with Gasteiger partial charge in [-0.25, -0.2) is 4.39 Å². The van der Waals surface area contributed by atoms with E-state index >= 15 is 0 Å². The van der Waals surface area contributed by atoms with E-state index in [1.165, 1.54) is 12.2 Å². The van der Waals surface area contributed by atoms with Crippen molar-refractivity contribution in [3.8, 4) is 0 Å². The fraction of sp³-hybridized carbons (Fsp3) is 0.250. The summed E-state index contributed by atoms with van der Waals surface area (Å²) in [5.41, 5.74) is 0.785. The van der Waals surface area contributed by atoms with E-state index in [0.29, 0.717) is 0 Å². The van der Waals surface area contributed by atoms with Crippen LogP contribution in [0.1, 0.15) is 13.3 Å². The van der Waals surface area contributed by atoms with Gasteiger partial charge in [-0.3, -0.25) is 0 Å². The van der Waals surface area contributed by atoms with Crippen molar-refractivity contribution >= 4 is 0 Å². The molecule has 0 aliphatic rings. The molecule has 0 spiro atoms. The van der Waals surface area contributed by atoms with Crippen LogP contribution in [0.4, 0.5) is 4.39 Å². The van der Waals surface area contributed by atoms with Gasteiger partial charge in [0.1, 0.15) is 5.83 Å². The van der Waals surface area contributed by atoms with Crippen molar-refractivity contribution in [2.45, 2.75) is 13.3 Å². The Morgan fingerprint density at radius 1 is 1.67 bits per heavy atom. The van der Waals surface area contributed by atoms with E-state index in [0.717, 1.165) is 12.0 Å². The minimum absolute atomic E-state index is 0.318. The molecule has 0 atom stereocenters. The van der Waals surface area contributed by atoms with Crippen molar-refractivity contribution in [3.63, 3.8) is 0 Å². The van der Waals surface area contributed by atoms with Crippen molar-refractivity contribution in [1.82, 2.24) is 0 Å². The van der Waals surface area contributed by atoms with Crippen LogP contribution in [0.5, 0.6) is 0 Å². The molecule has 0 aromatic carbocycles. The average Bonchev–Trinajstić information content (AvgIpc) is 1.87. The normalized spacial score (nSPS) is 11.1. The summed E-state index contributed by atoms with van der Waals surface area (Å²) in [6.45, 7) is 8.79. The molecule has 0 saturated carbocycles. The van der Waals surface area contributed by atoms with Crippen molar-refractivity contribution in [3.05, 3.63) is 36.7 Å². The third-order valence-electron chi connectivity index (χ3n) is 0.991. The zero-order valence-electron chi connectivity index (χ0n) is 5.65. The highest BCUT2D eigenvalue weighted by molar-refractivity contribution is 5.21. The fourth-order valence-corrected chi connectivity index (χ4v) is 0.356. The second kappa shape index (κ2) is 4.07. The van der Waals surface area contributed by atoms with Gasteiger partial charge >= 0.3 is 0 Å². The summed E-state index contributed by atoms with van der Waals surface area (Å²) in [5.74, 6) is -0.318. The quantitative estimate of drug-likeness (QED) is 0.510. The van der Waals surface area contributed by atoms with Crippen LogP contribution in [0.2, 0.25) is 0 Å². The number of hydrogen-bond acceptors (Lipinski definition) is 0. The van der Waals surface area contributed by atoms with Gasteiger partial charge in [0.15, 0.2) is 0 Å². The summed E-state index contributed by atoms with van der Waals surface area (Å²) in [4.78, 5) is 0. The first-order valence-electron chi connectivity index (χ1n) is 2.88. The molecule has 0 rings (SSSR count). The van der Waals surface area contributed by atoms with Crippen LogP contribution in [0.3, 0.4) is 0 Å². The average molecular weight is 126 g/mol. The maximum absolute atomic E-state index is 12.3. The Balaban J connectivity index is 3.94. The molecule has 0 fully saturated rings. The van der Waals surface area contributed by atoms with E-state index in [4.69, 9.17) is 0 Å². The Morgan fingerprint density at radius 2 is 2.22 bits per heavy atom. The molecule has 1 heteroatoms. The summed E-state index contributed by atoms with van der Waals surface area (Å²) >= 11 is 0. The van der Waals surface area contributed by atoms with E-state index in [1.807, 2.05) is 6.92 Å². The first kappa shape index (κ1) is 8.15. The molecule has 0 radical (unpaired) electrons. The first-order valence-corrected chi connectivity index (χ1v) is 2.88. The highest BCUT2D eigenvalue weighted by atomic mass is 19.1. The second-order valence-corrected chi connectivity index (χ2v) is 1.75. The van der Waals surface area contributed by atoms with Crippen molar-refractivity contribution in [2.24, 2.45) is 0 Å². The predicted octanol–water partition coefficient (Wildman–Crippen LogP) is 2.99. The van der Waals surface area contributed by atoms with Gasteiger partial charge < -0.3 is 0 Å². The molecule has 0 N–H and O–H groups in total. The molecule has 0 saturated heterocycles. The van der Waals surface area contributed by atoms with E-state index in [9.17, 15) is 4.39 Å². The van der Waals surface area contributed by atoms with Crippen LogP contribution in [0.15, 0.2) is 36.7 Å². The van der Waals surface area contributed by atoms with E-state index in [1.54, 1.807) is 0 Å². The van der Waals surface area contributed by atoms with Gasteiger partial charge in [0.2, 0.25) is 0 Å². The van der Waals surface area contributed by atoms with Gasteiger partial charge in [-0.1, -0.05) is 25.7 Å². The SMILES string of the molecule is C=C/C(F)=C\C(=C)CC. The van der Waals surface area contributed by atoms with Crippen molar-refractivity contribution in [1.29, 1.82) is 0 Å². The van der Waals surface area contributed by atoms with Crippen molar-refractivity contribution in [2.75, 3.05) is 0 Å². The maximum atomic E-state index is 12.3. The second-order valence-electron chi connectivity index (χ2n) is 1.75. The lowest BCUT2D eigenvalue weighted by Gasteiger charge is -1.89. The van der Waals surface area contributed by atoms with Crippen LogP contribution >= 0.6 is 0 Å². The van der Waals surface area contributed by atoms with Gasteiger partial charge in [0.05, 0.1) is 0 Å². The highest BCUT2D eigenvalue weighted by Crippen LogP contribution is 2.05. The van der Waals surface area contributed by atoms with Gasteiger partial charge in [-0.2, -0.15) is 0 Å². The molecule has 0 aliphatic carbocycles. The summed E-state index contributed by atoms with van der Waals surface area (Å²) in [5, 5.41) is 0. The topological polar surface area (TPSA) is 0 Å². The molecule has 0 aliphatic heterocycles. The van der Waals surface area contributed by atoms with Crippen molar-refractivity contribution < 1.29 is 4.39 Å². The lowest BCUT2D eigenvalue weighted by molar-refractivity contribution is 0.666. The van der Waals surface area contributed by atoms with E-state index in [2.05, 4.69) is 13.2 Å². The largest absolute Gasteiger partial charge is 0.207 e. The van der Waals surface area contributed by atoms with E-state index < -0.39 is 0 Å². The summed E-state index contributed by atoms with van der Waals surface area (Å²) < 4.78 is 12.3. The minimum atomic E-state index is -0.318. The minimum Gasteiger partial charge on any atom is -0.207 e. The molecular weight excluding hydrogens is 115 g/mol. The predicted molar refractivity (Wildman–Crippen MR) is 38.8 cm³/mol. The molecule has 0 aromatic heterocycles. The summed E-state index contributed by atoms with van der Waals surface area (Å²) in [6, 6.07) is 0. The van der Waals surface area contributed by atoms with Crippen LogP contribution < -0.4 is 0 Å².